The molecular formula is C12H13ClN2O. The number of hydrogen-bond acceptors (Lipinski definition) is 3. The zero-order valence-electron chi connectivity index (χ0n) is 9.49. The van der Waals surface area contributed by atoms with E-state index in [9.17, 15) is 0 Å². The second kappa shape index (κ2) is 4.26. The minimum absolute atomic E-state index is 0.408. The van der Waals surface area contributed by atoms with Crippen LogP contribution in [0.2, 0.25) is 5.02 Å². The lowest BCUT2D eigenvalue weighted by Crippen LogP contribution is -1.92. The normalized spacial score (nSPS) is 11.1. The van der Waals surface area contributed by atoms with E-state index in [-0.39, 0.29) is 0 Å². The summed E-state index contributed by atoms with van der Waals surface area (Å²) in [6.45, 7) is 6.04. The van der Waals surface area contributed by atoms with Crippen molar-refractivity contribution in [3.8, 4) is 11.6 Å². The van der Waals surface area contributed by atoms with E-state index in [0.717, 1.165) is 11.3 Å². The first-order valence-corrected chi connectivity index (χ1v) is 5.54. The Bertz CT molecular complexity index is 505. The third-order valence-electron chi connectivity index (χ3n) is 2.35. The Labute approximate surface area is 99.5 Å². The molecule has 4 heteroatoms. The molecule has 0 aromatic carbocycles. The van der Waals surface area contributed by atoms with Crippen LogP contribution in [0.4, 0.5) is 0 Å². The predicted octanol–water partition coefficient (Wildman–Crippen LogP) is 3.82. The van der Waals surface area contributed by atoms with Gasteiger partial charge < -0.3 is 4.42 Å². The highest BCUT2D eigenvalue weighted by Crippen LogP contribution is 2.27. The molecule has 16 heavy (non-hydrogen) atoms. The van der Waals surface area contributed by atoms with Crippen LogP contribution < -0.4 is 0 Å². The van der Waals surface area contributed by atoms with Gasteiger partial charge in [0.15, 0.2) is 0 Å². The predicted molar refractivity (Wildman–Crippen MR) is 63.6 cm³/mol. The van der Waals surface area contributed by atoms with E-state index in [0.29, 0.717) is 22.5 Å². The Kier molecular flexibility index (Phi) is 2.97. The maximum absolute atomic E-state index is 6.15. The average Bonchev–Trinajstić information content (AvgIpc) is 2.64. The average molecular weight is 237 g/mol. The summed E-state index contributed by atoms with van der Waals surface area (Å²) in [4.78, 5) is 8.40. The van der Waals surface area contributed by atoms with E-state index in [1.54, 1.807) is 6.20 Å². The molecular weight excluding hydrogens is 224 g/mol. The van der Waals surface area contributed by atoms with Gasteiger partial charge in [0.1, 0.15) is 11.5 Å². The number of nitrogens with zero attached hydrogens (tertiary/aromatic N) is 2. The third-order valence-corrected chi connectivity index (χ3v) is 2.64. The molecule has 0 aliphatic rings. The van der Waals surface area contributed by atoms with Crippen LogP contribution in [0.5, 0.6) is 0 Å². The molecule has 0 aliphatic heterocycles. The first-order chi connectivity index (χ1) is 7.58. The number of rotatable bonds is 2. The van der Waals surface area contributed by atoms with Crippen molar-refractivity contribution in [3.63, 3.8) is 0 Å². The van der Waals surface area contributed by atoms with E-state index in [2.05, 4.69) is 23.8 Å². The molecule has 0 saturated heterocycles. The smallest absolute Gasteiger partial charge is 0.246 e. The minimum Gasteiger partial charge on any atom is -0.440 e. The van der Waals surface area contributed by atoms with Gasteiger partial charge in [-0.25, -0.2) is 9.97 Å². The number of oxazole rings is 1. The summed E-state index contributed by atoms with van der Waals surface area (Å²) in [7, 11) is 0. The molecule has 84 valence electrons. The van der Waals surface area contributed by atoms with E-state index >= 15 is 0 Å². The zero-order valence-corrected chi connectivity index (χ0v) is 10.2. The fraction of sp³-hybridized carbons (Fsp3) is 0.333. The molecule has 0 radical (unpaired) electrons. The lowest BCUT2D eigenvalue weighted by Gasteiger charge is -2.06. The van der Waals surface area contributed by atoms with Gasteiger partial charge in [0.25, 0.3) is 0 Å². The summed E-state index contributed by atoms with van der Waals surface area (Å²) >= 11 is 6.15. The topological polar surface area (TPSA) is 38.9 Å². The van der Waals surface area contributed by atoms with Gasteiger partial charge in [0.05, 0.1) is 11.2 Å². The molecule has 0 aliphatic carbocycles. The molecule has 3 nitrogen and oxygen atoms in total. The summed E-state index contributed by atoms with van der Waals surface area (Å²) < 4.78 is 5.39. The van der Waals surface area contributed by atoms with E-state index in [1.807, 2.05) is 19.2 Å². The largest absolute Gasteiger partial charge is 0.440 e. The Hall–Kier alpha value is -1.35. The highest BCUT2D eigenvalue weighted by molar-refractivity contribution is 6.32. The molecule has 2 rings (SSSR count). The van der Waals surface area contributed by atoms with Crippen LogP contribution in [0, 0.1) is 6.92 Å². The van der Waals surface area contributed by atoms with Gasteiger partial charge in [0, 0.05) is 6.20 Å². The van der Waals surface area contributed by atoms with Gasteiger partial charge in [-0.15, -0.1) is 0 Å². The highest BCUT2D eigenvalue weighted by Gasteiger charge is 2.12. The van der Waals surface area contributed by atoms with Crippen molar-refractivity contribution >= 4 is 11.6 Å². The highest BCUT2D eigenvalue weighted by atomic mass is 35.5. The Balaban J connectivity index is 2.44. The van der Waals surface area contributed by atoms with Crippen molar-refractivity contribution in [1.29, 1.82) is 0 Å². The molecule has 0 spiro atoms. The molecule has 2 aromatic rings. The van der Waals surface area contributed by atoms with E-state index in [4.69, 9.17) is 16.0 Å². The monoisotopic (exact) mass is 236 g/mol. The second-order valence-corrected chi connectivity index (χ2v) is 4.44. The number of aromatic nitrogens is 2. The van der Waals surface area contributed by atoms with Crippen LogP contribution in [-0.2, 0) is 0 Å². The third kappa shape index (κ3) is 2.09. The van der Waals surface area contributed by atoms with Crippen LogP contribution in [0.15, 0.2) is 22.9 Å². The second-order valence-electron chi connectivity index (χ2n) is 4.03. The van der Waals surface area contributed by atoms with Crippen molar-refractivity contribution in [2.24, 2.45) is 0 Å². The molecule has 2 aromatic heterocycles. The van der Waals surface area contributed by atoms with Crippen LogP contribution >= 0.6 is 11.6 Å². The molecule has 0 unspecified atom stereocenters. The summed E-state index contributed by atoms with van der Waals surface area (Å²) in [5.74, 6) is 1.63. The van der Waals surface area contributed by atoms with Crippen molar-refractivity contribution in [3.05, 3.63) is 34.8 Å². The van der Waals surface area contributed by atoms with Gasteiger partial charge in [-0.2, -0.15) is 0 Å². The molecule has 0 atom stereocenters. The fourth-order valence-corrected chi connectivity index (χ4v) is 1.65. The van der Waals surface area contributed by atoms with Crippen LogP contribution in [0.25, 0.3) is 11.6 Å². The van der Waals surface area contributed by atoms with Gasteiger partial charge in [-0.3, -0.25) is 0 Å². The van der Waals surface area contributed by atoms with Crippen molar-refractivity contribution < 1.29 is 4.42 Å². The summed E-state index contributed by atoms with van der Waals surface area (Å²) in [5.41, 5.74) is 1.70. The number of halogens is 1. The first kappa shape index (κ1) is 11.1. The summed E-state index contributed by atoms with van der Waals surface area (Å²) in [5, 5.41) is 0.577. The van der Waals surface area contributed by atoms with Crippen LogP contribution in [0.1, 0.15) is 31.1 Å². The quantitative estimate of drug-likeness (QED) is 0.796. The van der Waals surface area contributed by atoms with E-state index in [1.165, 1.54) is 0 Å². The molecule has 0 fully saturated rings. The van der Waals surface area contributed by atoms with Gasteiger partial charge in [0.2, 0.25) is 5.89 Å². The maximum Gasteiger partial charge on any atom is 0.246 e. The Morgan fingerprint density at radius 1 is 1.25 bits per heavy atom. The number of hydrogen-bond donors (Lipinski definition) is 0. The van der Waals surface area contributed by atoms with Gasteiger partial charge in [-0.1, -0.05) is 25.4 Å². The van der Waals surface area contributed by atoms with Crippen LogP contribution in [0.3, 0.4) is 0 Å². The Morgan fingerprint density at radius 3 is 2.50 bits per heavy atom. The zero-order chi connectivity index (χ0) is 11.7. The fourth-order valence-electron chi connectivity index (χ4n) is 1.39. The lowest BCUT2D eigenvalue weighted by molar-refractivity contribution is 0.540. The molecule has 0 saturated carbocycles. The van der Waals surface area contributed by atoms with Gasteiger partial charge in [-0.05, 0) is 24.5 Å². The van der Waals surface area contributed by atoms with Gasteiger partial charge >= 0.3 is 0 Å². The molecule has 0 N–H and O–H groups in total. The lowest BCUT2D eigenvalue weighted by atomic mass is 10.1. The standard InChI is InChI=1S/C12H13ClN2O/c1-7(2)9-4-10(13)11(14-6-9)12-15-5-8(3)16-12/h4-7H,1-3H3. The molecule has 2 heterocycles. The number of pyridine rings is 1. The van der Waals surface area contributed by atoms with Crippen molar-refractivity contribution in [2.45, 2.75) is 26.7 Å². The maximum atomic E-state index is 6.15. The Morgan fingerprint density at radius 2 is 2.00 bits per heavy atom. The first-order valence-electron chi connectivity index (χ1n) is 5.16. The van der Waals surface area contributed by atoms with E-state index < -0.39 is 0 Å². The van der Waals surface area contributed by atoms with Crippen molar-refractivity contribution in [2.75, 3.05) is 0 Å². The SMILES string of the molecule is Cc1cnc(-c2ncc(C(C)C)cc2Cl)o1. The van der Waals surface area contributed by atoms with Crippen molar-refractivity contribution in [1.82, 2.24) is 9.97 Å². The summed E-state index contributed by atoms with van der Waals surface area (Å²) in [6.07, 6.45) is 3.47. The minimum atomic E-state index is 0.408. The van der Waals surface area contributed by atoms with Crippen LogP contribution in [-0.4, -0.2) is 9.97 Å². The molecule has 0 amide bonds. The summed E-state index contributed by atoms with van der Waals surface area (Å²) in [6, 6.07) is 1.91. The molecule has 0 bridgehead atoms. The number of aryl methyl sites for hydroxylation is 1.